The molecule has 0 bridgehead atoms. The van der Waals surface area contributed by atoms with Crippen molar-refractivity contribution in [2.45, 2.75) is 32.5 Å². The molecular weight excluding hydrogens is 356 g/mol. The van der Waals surface area contributed by atoms with Crippen molar-refractivity contribution in [2.24, 2.45) is 0 Å². The van der Waals surface area contributed by atoms with Gasteiger partial charge in [-0.3, -0.25) is 4.79 Å². The molecule has 6 nitrogen and oxygen atoms in total. The molecule has 3 aromatic rings. The monoisotopic (exact) mass is 380 g/mol. The molecule has 1 amide bonds. The largest absolute Gasteiger partial charge is 0.497 e. The molecule has 1 saturated heterocycles. The van der Waals surface area contributed by atoms with E-state index in [1.54, 1.807) is 13.2 Å². The van der Waals surface area contributed by atoms with E-state index in [-0.39, 0.29) is 18.1 Å². The molecule has 1 fully saturated rings. The second kappa shape index (κ2) is 7.64. The number of hydrogen-bond donors (Lipinski definition) is 0. The Labute approximate surface area is 164 Å². The number of benzene rings is 2. The average molecular weight is 380 g/mol. The second-order valence-corrected chi connectivity index (χ2v) is 7.28. The highest BCUT2D eigenvalue weighted by Crippen LogP contribution is 2.22. The predicted molar refractivity (Wildman–Crippen MR) is 106 cm³/mol. The van der Waals surface area contributed by atoms with Gasteiger partial charge in [-0.25, -0.2) is 4.98 Å². The number of aromatic nitrogens is 1. The maximum absolute atomic E-state index is 12.9. The maximum atomic E-state index is 12.9. The lowest BCUT2D eigenvalue weighted by atomic mass is 10.1. The number of ether oxygens (including phenoxy) is 2. The first-order valence-corrected chi connectivity index (χ1v) is 9.49. The van der Waals surface area contributed by atoms with Gasteiger partial charge in [-0.05, 0) is 49.7 Å². The van der Waals surface area contributed by atoms with E-state index in [9.17, 15) is 4.79 Å². The number of nitrogens with zero attached hydrogens (tertiary/aromatic N) is 2. The topological polar surface area (TPSA) is 64.8 Å². The number of amides is 1. The molecule has 6 heteroatoms. The van der Waals surface area contributed by atoms with Crippen molar-refractivity contribution in [3.8, 4) is 5.75 Å². The molecule has 1 aromatic heterocycles. The minimum absolute atomic E-state index is 0.00277. The Kier molecular flexibility index (Phi) is 5.05. The van der Waals surface area contributed by atoms with Gasteiger partial charge < -0.3 is 18.8 Å². The summed E-state index contributed by atoms with van der Waals surface area (Å²) in [6, 6.07) is 13.3. The summed E-state index contributed by atoms with van der Waals surface area (Å²) in [5.41, 5.74) is 3.08. The van der Waals surface area contributed by atoms with Crippen molar-refractivity contribution in [3.63, 3.8) is 0 Å². The predicted octanol–water partition coefficient (Wildman–Crippen LogP) is 3.68. The number of carbonyl (C=O) groups excluding carboxylic acids is 1. The van der Waals surface area contributed by atoms with Gasteiger partial charge in [0.1, 0.15) is 11.3 Å². The molecule has 2 aromatic carbocycles. The molecule has 146 valence electrons. The third-order valence-electron chi connectivity index (χ3n) is 4.90. The average Bonchev–Trinajstić information content (AvgIpc) is 3.08. The number of fused-ring (bicyclic) bond motifs is 1. The van der Waals surface area contributed by atoms with Crippen LogP contribution in [0.25, 0.3) is 11.1 Å². The fourth-order valence-electron chi connectivity index (χ4n) is 3.63. The van der Waals surface area contributed by atoms with E-state index in [1.165, 1.54) is 0 Å². The van der Waals surface area contributed by atoms with Crippen LogP contribution in [0.5, 0.6) is 5.75 Å². The first-order valence-electron chi connectivity index (χ1n) is 9.49. The third kappa shape index (κ3) is 3.87. The summed E-state index contributed by atoms with van der Waals surface area (Å²) >= 11 is 0. The fourth-order valence-corrected chi connectivity index (χ4v) is 3.63. The second-order valence-electron chi connectivity index (χ2n) is 7.28. The highest BCUT2D eigenvalue weighted by atomic mass is 16.5. The molecule has 0 aliphatic carbocycles. The van der Waals surface area contributed by atoms with Gasteiger partial charge in [-0.2, -0.15) is 0 Å². The van der Waals surface area contributed by atoms with Crippen LogP contribution in [0.4, 0.5) is 0 Å². The van der Waals surface area contributed by atoms with Crippen molar-refractivity contribution in [2.75, 3.05) is 20.2 Å². The SMILES string of the molecule is COc1ccc(Cc2nc3ccc(C(=O)N4CC(C)OC(C)C4)cc3o2)cc1. The summed E-state index contributed by atoms with van der Waals surface area (Å²) in [6.45, 7) is 5.17. The lowest BCUT2D eigenvalue weighted by molar-refractivity contribution is -0.0586. The summed E-state index contributed by atoms with van der Waals surface area (Å²) in [6.07, 6.45) is 0.663. The summed E-state index contributed by atoms with van der Waals surface area (Å²) in [4.78, 5) is 19.3. The van der Waals surface area contributed by atoms with Gasteiger partial charge in [0.2, 0.25) is 0 Å². The van der Waals surface area contributed by atoms with Gasteiger partial charge in [0.05, 0.1) is 19.3 Å². The zero-order valence-electron chi connectivity index (χ0n) is 16.3. The lowest BCUT2D eigenvalue weighted by Gasteiger charge is -2.35. The standard InChI is InChI=1S/C22H24N2O4/c1-14-12-24(13-15(2)27-14)22(25)17-6-9-19-20(11-17)28-21(23-19)10-16-4-7-18(26-3)8-5-16/h4-9,11,14-15H,10,12-13H2,1-3H3. The van der Waals surface area contributed by atoms with E-state index in [4.69, 9.17) is 13.9 Å². The Morgan fingerprint density at radius 1 is 1.14 bits per heavy atom. The molecule has 4 rings (SSSR count). The van der Waals surface area contributed by atoms with Gasteiger partial charge >= 0.3 is 0 Å². The van der Waals surface area contributed by atoms with Crippen LogP contribution in [0.1, 0.15) is 35.7 Å². The van der Waals surface area contributed by atoms with Crippen molar-refractivity contribution in [3.05, 3.63) is 59.5 Å². The number of morpholine rings is 1. The van der Waals surface area contributed by atoms with Crippen molar-refractivity contribution in [1.29, 1.82) is 0 Å². The highest BCUT2D eigenvalue weighted by Gasteiger charge is 2.27. The van der Waals surface area contributed by atoms with Crippen molar-refractivity contribution in [1.82, 2.24) is 9.88 Å². The highest BCUT2D eigenvalue weighted by molar-refractivity contribution is 5.97. The van der Waals surface area contributed by atoms with Crippen LogP contribution in [-0.2, 0) is 11.2 Å². The zero-order chi connectivity index (χ0) is 19.7. The van der Waals surface area contributed by atoms with Crippen LogP contribution >= 0.6 is 0 Å². The van der Waals surface area contributed by atoms with Gasteiger partial charge in [0.15, 0.2) is 11.5 Å². The molecular formula is C22H24N2O4. The summed E-state index contributed by atoms with van der Waals surface area (Å²) < 4.78 is 16.8. The summed E-state index contributed by atoms with van der Waals surface area (Å²) in [5.74, 6) is 1.44. The Balaban J connectivity index is 1.53. The van der Waals surface area contributed by atoms with E-state index < -0.39 is 0 Å². The van der Waals surface area contributed by atoms with E-state index in [0.29, 0.717) is 36.5 Å². The number of hydrogen-bond acceptors (Lipinski definition) is 5. The number of oxazole rings is 1. The summed E-state index contributed by atoms with van der Waals surface area (Å²) in [7, 11) is 1.65. The third-order valence-corrected chi connectivity index (χ3v) is 4.90. The van der Waals surface area contributed by atoms with E-state index in [2.05, 4.69) is 4.98 Å². The molecule has 2 heterocycles. The Morgan fingerprint density at radius 3 is 2.54 bits per heavy atom. The van der Waals surface area contributed by atoms with Gasteiger partial charge in [0.25, 0.3) is 5.91 Å². The Hall–Kier alpha value is -2.86. The first kappa shape index (κ1) is 18.5. The minimum Gasteiger partial charge on any atom is -0.497 e. The number of rotatable bonds is 4. The van der Waals surface area contributed by atoms with E-state index >= 15 is 0 Å². The molecule has 0 saturated carbocycles. The van der Waals surface area contributed by atoms with Gasteiger partial charge in [0, 0.05) is 25.1 Å². The van der Waals surface area contributed by atoms with Gasteiger partial charge in [-0.15, -0.1) is 0 Å². The van der Waals surface area contributed by atoms with E-state index in [0.717, 1.165) is 16.8 Å². The van der Waals surface area contributed by atoms with Crippen LogP contribution in [0, 0.1) is 0 Å². The molecule has 0 radical (unpaired) electrons. The molecule has 28 heavy (non-hydrogen) atoms. The molecule has 0 N–H and O–H groups in total. The lowest BCUT2D eigenvalue weighted by Crippen LogP contribution is -2.48. The van der Waals surface area contributed by atoms with Crippen LogP contribution < -0.4 is 4.74 Å². The number of methoxy groups -OCH3 is 1. The minimum atomic E-state index is -0.00277. The first-order chi connectivity index (χ1) is 13.5. The quantitative estimate of drug-likeness (QED) is 0.691. The van der Waals surface area contributed by atoms with E-state index in [1.807, 2.05) is 55.1 Å². The Morgan fingerprint density at radius 2 is 1.86 bits per heavy atom. The molecule has 2 unspecified atom stereocenters. The fraction of sp³-hybridized carbons (Fsp3) is 0.364. The maximum Gasteiger partial charge on any atom is 0.254 e. The molecule has 0 spiro atoms. The molecule has 2 atom stereocenters. The van der Waals surface area contributed by atoms with Crippen LogP contribution in [0.15, 0.2) is 46.9 Å². The molecule has 1 aliphatic rings. The van der Waals surface area contributed by atoms with Crippen molar-refractivity contribution < 1.29 is 18.7 Å². The smallest absolute Gasteiger partial charge is 0.254 e. The van der Waals surface area contributed by atoms with Crippen molar-refractivity contribution >= 4 is 17.0 Å². The molecule has 1 aliphatic heterocycles. The van der Waals surface area contributed by atoms with Gasteiger partial charge in [-0.1, -0.05) is 12.1 Å². The summed E-state index contributed by atoms with van der Waals surface area (Å²) in [5, 5.41) is 0. The van der Waals surface area contributed by atoms with Crippen LogP contribution in [-0.4, -0.2) is 48.2 Å². The zero-order valence-corrected chi connectivity index (χ0v) is 16.3. The normalized spacial score (nSPS) is 19.8. The van der Waals surface area contributed by atoms with Crippen LogP contribution in [0.3, 0.4) is 0 Å². The Bertz CT molecular complexity index is 970. The van der Waals surface area contributed by atoms with Crippen LogP contribution in [0.2, 0.25) is 0 Å². The number of carbonyl (C=O) groups is 1.